The monoisotopic (exact) mass is 396 g/mol. The summed E-state index contributed by atoms with van der Waals surface area (Å²) in [6, 6.07) is 5.79. The quantitative estimate of drug-likeness (QED) is 0.500. The lowest BCUT2D eigenvalue weighted by molar-refractivity contribution is -0.130. The number of fused-ring (bicyclic) bond motifs is 1. The maximum absolute atomic E-state index is 12.5. The van der Waals surface area contributed by atoms with Crippen molar-refractivity contribution in [3.05, 3.63) is 41.9 Å². The van der Waals surface area contributed by atoms with Crippen LogP contribution in [0.3, 0.4) is 0 Å². The van der Waals surface area contributed by atoms with Gasteiger partial charge in [0.2, 0.25) is 5.95 Å². The molecule has 4 heterocycles. The first kappa shape index (κ1) is 18.8. The Bertz CT molecular complexity index is 1050. The Morgan fingerprint density at radius 1 is 1.31 bits per heavy atom. The van der Waals surface area contributed by atoms with Gasteiger partial charge in [0.25, 0.3) is 5.91 Å². The number of methoxy groups -OCH3 is 1. The number of H-pyrrole nitrogens is 1. The maximum Gasteiger partial charge on any atom is 0.288 e. The normalized spacial score (nSPS) is 15.1. The third kappa shape index (κ3) is 3.73. The van der Waals surface area contributed by atoms with Crippen LogP contribution >= 0.6 is 0 Å². The van der Waals surface area contributed by atoms with Crippen LogP contribution < -0.4 is 10.2 Å². The van der Waals surface area contributed by atoms with Gasteiger partial charge < -0.3 is 19.9 Å². The Morgan fingerprint density at radius 2 is 2.10 bits per heavy atom. The van der Waals surface area contributed by atoms with E-state index in [1.165, 1.54) is 7.11 Å². The number of carbonyl (C=O) groups excluding carboxylic acids is 1. The summed E-state index contributed by atoms with van der Waals surface area (Å²) in [7, 11) is 1.51. The molecule has 0 saturated carbocycles. The molecule has 2 N–H and O–H groups in total. The van der Waals surface area contributed by atoms with E-state index in [4.69, 9.17) is 9.72 Å². The van der Waals surface area contributed by atoms with Crippen molar-refractivity contribution in [1.29, 1.82) is 0 Å². The SMILES string of the molecule is C/C=C(\OC)C(=O)N1CCN(c2nc(Nc3cc(C)[nH]n3)c3cccn3n2)CC1. The number of rotatable bonds is 5. The van der Waals surface area contributed by atoms with Gasteiger partial charge in [-0.15, -0.1) is 5.10 Å². The van der Waals surface area contributed by atoms with E-state index >= 15 is 0 Å². The number of carbonyl (C=O) groups is 1. The molecule has 10 nitrogen and oxygen atoms in total. The highest BCUT2D eigenvalue weighted by Gasteiger charge is 2.25. The molecule has 1 saturated heterocycles. The highest BCUT2D eigenvalue weighted by atomic mass is 16.5. The minimum atomic E-state index is -0.0901. The fourth-order valence-corrected chi connectivity index (χ4v) is 3.35. The molecule has 0 bridgehead atoms. The van der Waals surface area contributed by atoms with Crippen molar-refractivity contribution >= 4 is 29.0 Å². The summed E-state index contributed by atoms with van der Waals surface area (Å²) in [6.45, 7) is 6.17. The molecule has 0 aliphatic carbocycles. The number of amides is 1. The molecule has 3 aromatic heterocycles. The van der Waals surface area contributed by atoms with Crippen LogP contribution in [0.4, 0.5) is 17.6 Å². The van der Waals surface area contributed by atoms with Crippen LogP contribution in [0.15, 0.2) is 36.2 Å². The van der Waals surface area contributed by atoms with Crippen molar-refractivity contribution in [2.75, 3.05) is 43.5 Å². The number of nitrogens with zero attached hydrogens (tertiary/aromatic N) is 6. The van der Waals surface area contributed by atoms with E-state index in [1.54, 1.807) is 22.4 Å². The Morgan fingerprint density at radius 3 is 2.76 bits per heavy atom. The highest BCUT2D eigenvalue weighted by molar-refractivity contribution is 5.91. The van der Waals surface area contributed by atoms with Crippen LogP contribution in [0.25, 0.3) is 5.52 Å². The zero-order valence-electron chi connectivity index (χ0n) is 16.7. The molecular formula is C19H24N8O2. The first-order chi connectivity index (χ1) is 14.1. The summed E-state index contributed by atoms with van der Waals surface area (Å²) < 4.78 is 6.95. The average molecular weight is 396 g/mol. The predicted octanol–water partition coefficient (Wildman–Crippen LogP) is 1.70. The number of aromatic amines is 1. The highest BCUT2D eigenvalue weighted by Crippen LogP contribution is 2.22. The molecule has 0 aromatic carbocycles. The summed E-state index contributed by atoms with van der Waals surface area (Å²) in [5, 5.41) is 15.0. The summed E-state index contributed by atoms with van der Waals surface area (Å²) in [5.74, 6) is 2.26. The minimum Gasteiger partial charge on any atom is -0.491 e. The zero-order chi connectivity index (χ0) is 20.4. The molecule has 4 rings (SSSR count). The van der Waals surface area contributed by atoms with Gasteiger partial charge in [0.1, 0.15) is 5.52 Å². The lowest BCUT2D eigenvalue weighted by Crippen LogP contribution is -2.49. The summed E-state index contributed by atoms with van der Waals surface area (Å²) >= 11 is 0. The van der Waals surface area contributed by atoms with Gasteiger partial charge in [-0.3, -0.25) is 9.89 Å². The van der Waals surface area contributed by atoms with Gasteiger partial charge in [-0.2, -0.15) is 10.1 Å². The van der Waals surface area contributed by atoms with Gasteiger partial charge in [-0.05, 0) is 32.1 Å². The Kier molecular flexibility index (Phi) is 5.07. The first-order valence-corrected chi connectivity index (χ1v) is 9.48. The van der Waals surface area contributed by atoms with Crippen molar-refractivity contribution in [1.82, 2.24) is 29.7 Å². The smallest absolute Gasteiger partial charge is 0.288 e. The Hall–Kier alpha value is -3.56. The van der Waals surface area contributed by atoms with Crippen molar-refractivity contribution in [3.63, 3.8) is 0 Å². The second kappa shape index (κ2) is 7.82. The van der Waals surface area contributed by atoms with Crippen LogP contribution in [0, 0.1) is 6.92 Å². The third-order valence-corrected chi connectivity index (χ3v) is 4.87. The molecular weight excluding hydrogens is 372 g/mol. The molecule has 29 heavy (non-hydrogen) atoms. The predicted molar refractivity (Wildman–Crippen MR) is 109 cm³/mol. The van der Waals surface area contributed by atoms with Gasteiger partial charge in [-0.25, -0.2) is 4.52 Å². The third-order valence-electron chi connectivity index (χ3n) is 4.87. The molecule has 1 aliphatic rings. The van der Waals surface area contributed by atoms with E-state index in [0.29, 0.717) is 49.5 Å². The van der Waals surface area contributed by atoms with Gasteiger partial charge >= 0.3 is 0 Å². The summed E-state index contributed by atoms with van der Waals surface area (Å²) in [5.41, 5.74) is 1.83. The van der Waals surface area contributed by atoms with Gasteiger partial charge in [0.05, 0.1) is 7.11 Å². The molecule has 0 atom stereocenters. The molecule has 10 heteroatoms. The van der Waals surface area contributed by atoms with Crippen LogP contribution in [-0.2, 0) is 9.53 Å². The standard InChI is InChI=1S/C19H24N8O2/c1-4-15(29-3)18(28)25-8-10-26(11-9-25)19-21-17(14-6-5-7-27(14)24-19)20-16-12-13(2)22-23-16/h4-7,12H,8-11H2,1-3H3,(H2,20,21,22,23,24)/b15-4-. The number of hydrogen-bond donors (Lipinski definition) is 2. The van der Waals surface area contributed by atoms with E-state index < -0.39 is 0 Å². The Balaban J connectivity index is 1.53. The fourth-order valence-electron chi connectivity index (χ4n) is 3.35. The Labute approximate surface area is 168 Å². The average Bonchev–Trinajstić information content (AvgIpc) is 3.37. The number of nitrogens with one attached hydrogen (secondary N) is 2. The van der Waals surface area contributed by atoms with Crippen molar-refractivity contribution < 1.29 is 9.53 Å². The van der Waals surface area contributed by atoms with Gasteiger partial charge in [-0.1, -0.05) is 0 Å². The van der Waals surface area contributed by atoms with Crippen molar-refractivity contribution in [2.45, 2.75) is 13.8 Å². The van der Waals surface area contributed by atoms with Crippen LogP contribution in [0.5, 0.6) is 0 Å². The van der Waals surface area contributed by atoms with Crippen molar-refractivity contribution in [2.24, 2.45) is 0 Å². The van der Waals surface area contributed by atoms with E-state index in [-0.39, 0.29) is 5.91 Å². The molecule has 1 aliphatic heterocycles. The van der Waals surface area contributed by atoms with Gasteiger partial charge in [0, 0.05) is 44.1 Å². The molecule has 0 unspecified atom stereocenters. The number of hydrogen-bond acceptors (Lipinski definition) is 7. The number of allylic oxidation sites excluding steroid dienone is 1. The fraction of sp³-hybridized carbons (Fsp3) is 0.368. The van der Waals surface area contributed by atoms with Crippen LogP contribution in [0.2, 0.25) is 0 Å². The second-order valence-corrected chi connectivity index (χ2v) is 6.80. The van der Waals surface area contributed by atoms with Crippen LogP contribution in [-0.4, -0.2) is 68.9 Å². The first-order valence-electron chi connectivity index (χ1n) is 9.48. The van der Waals surface area contributed by atoms with Crippen LogP contribution in [0.1, 0.15) is 12.6 Å². The zero-order valence-corrected chi connectivity index (χ0v) is 16.7. The summed E-state index contributed by atoms with van der Waals surface area (Å²) in [4.78, 5) is 21.1. The number of aromatic nitrogens is 5. The summed E-state index contributed by atoms with van der Waals surface area (Å²) in [6.07, 6.45) is 3.57. The minimum absolute atomic E-state index is 0.0901. The molecule has 1 fully saturated rings. The maximum atomic E-state index is 12.5. The van der Waals surface area contributed by atoms with Crippen molar-refractivity contribution in [3.8, 4) is 0 Å². The molecule has 0 radical (unpaired) electrons. The molecule has 0 spiro atoms. The lowest BCUT2D eigenvalue weighted by Gasteiger charge is -2.34. The number of anilines is 3. The largest absolute Gasteiger partial charge is 0.491 e. The topological polar surface area (TPSA) is 104 Å². The number of aryl methyl sites for hydroxylation is 1. The number of ether oxygens (including phenoxy) is 1. The van der Waals surface area contributed by atoms with E-state index in [2.05, 4.69) is 25.5 Å². The second-order valence-electron chi connectivity index (χ2n) is 6.80. The van der Waals surface area contributed by atoms with Gasteiger partial charge in [0.15, 0.2) is 17.4 Å². The van der Waals surface area contributed by atoms with E-state index in [1.807, 2.05) is 31.3 Å². The lowest BCUT2D eigenvalue weighted by atomic mass is 10.3. The molecule has 1 amide bonds. The molecule has 152 valence electrons. The van der Waals surface area contributed by atoms with E-state index in [9.17, 15) is 4.79 Å². The number of piperazine rings is 1. The van der Waals surface area contributed by atoms with E-state index in [0.717, 1.165) is 11.2 Å². The molecule has 3 aromatic rings.